The molecule has 10 heteroatoms. The lowest BCUT2D eigenvalue weighted by Crippen LogP contribution is -2.42. The number of nitrogens with zero attached hydrogens (tertiary/aromatic N) is 5. The van der Waals surface area contributed by atoms with Crippen molar-refractivity contribution in [3.05, 3.63) is 241 Å². The van der Waals surface area contributed by atoms with E-state index >= 15 is 0 Å². The molecule has 0 unspecified atom stereocenters. The fourth-order valence-corrected chi connectivity index (χ4v) is 8.56. The maximum atomic E-state index is 6.00. The summed E-state index contributed by atoms with van der Waals surface area (Å²) in [4.78, 5) is 7.11. The molecule has 85 heavy (non-hydrogen) atoms. The quantitative estimate of drug-likeness (QED) is 0.161. The molecule has 7 aromatic carbocycles. The third-order valence-electron chi connectivity index (χ3n) is 12.8. The molecule has 0 N–H and O–H groups in total. The average molecular weight is 1240 g/mol. The van der Waals surface area contributed by atoms with Gasteiger partial charge in [-0.25, -0.2) is 0 Å². The molecule has 0 bridgehead atoms. The highest BCUT2D eigenvalue weighted by molar-refractivity contribution is 6.35. The van der Waals surface area contributed by atoms with E-state index < -0.39 is 0 Å². The number of benzene rings is 7. The van der Waals surface area contributed by atoms with Crippen molar-refractivity contribution >= 4 is 57.2 Å². The number of likely N-dealkylation sites (tertiary alicyclic amines) is 1. The number of hydrogen-bond acceptors (Lipinski definition) is 5. The Morgan fingerprint density at radius 3 is 1.15 bits per heavy atom. The Hall–Kier alpha value is -5.41. The first-order valence-electron chi connectivity index (χ1n) is 30.7. The summed E-state index contributed by atoms with van der Waals surface area (Å²) >= 11 is 23.1. The SMILES string of the molecule is CC.CC.CC.CC1=CCCCC1.CN1CCCCC1.CN1CCN(C)CC1.Cc1c(Cl)nn(C)c1Cl.Cc1ccc(Oc2ccc(Cl)cc2Cl)cc1.Cc1ccc2ccccc2c1.Cc1ccccc1.Cc1ccccc1.Cc1ccccc1. The van der Waals surface area contributed by atoms with E-state index in [0.29, 0.717) is 26.1 Å². The topological polar surface area (TPSA) is 36.8 Å². The number of aromatic nitrogens is 2. The van der Waals surface area contributed by atoms with E-state index in [0.717, 1.165) is 11.3 Å². The first-order valence-corrected chi connectivity index (χ1v) is 32.2. The van der Waals surface area contributed by atoms with Gasteiger partial charge in [-0.05, 0) is 162 Å². The molecule has 0 spiro atoms. The minimum Gasteiger partial charge on any atom is -0.456 e. The molecule has 2 saturated heterocycles. The second-order valence-corrected chi connectivity index (χ2v) is 22.0. The van der Waals surface area contributed by atoms with Crippen molar-refractivity contribution in [3.8, 4) is 11.5 Å². The number of rotatable bonds is 2. The molecule has 11 rings (SSSR count). The van der Waals surface area contributed by atoms with Crippen molar-refractivity contribution in [1.29, 1.82) is 0 Å². The fourth-order valence-electron chi connectivity index (χ4n) is 7.74. The van der Waals surface area contributed by atoms with Gasteiger partial charge in [0.25, 0.3) is 0 Å². The van der Waals surface area contributed by atoms with Crippen LogP contribution >= 0.6 is 46.4 Å². The van der Waals surface area contributed by atoms with Crippen molar-refractivity contribution in [2.75, 3.05) is 60.4 Å². The van der Waals surface area contributed by atoms with E-state index in [9.17, 15) is 0 Å². The van der Waals surface area contributed by atoms with E-state index in [-0.39, 0.29) is 0 Å². The first-order chi connectivity index (χ1) is 40.9. The maximum Gasteiger partial charge on any atom is 0.155 e. The van der Waals surface area contributed by atoms with Crippen LogP contribution in [0.2, 0.25) is 20.4 Å². The number of aryl methyl sites for hydroxylation is 6. The fraction of sp³-hybridized carbons (Fsp3) is 0.400. The minimum atomic E-state index is 0.475. The lowest BCUT2D eigenvalue weighted by atomic mass is 10.0. The van der Waals surface area contributed by atoms with Gasteiger partial charge in [0.2, 0.25) is 0 Å². The molecule has 6 nitrogen and oxygen atoms in total. The van der Waals surface area contributed by atoms with Crippen LogP contribution < -0.4 is 4.74 Å². The Kier molecular flexibility index (Phi) is 47.5. The monoisotopic (exact) mass is 1230 g/mol. The Morgan fingerprint density at radius 2 is 0.824 bits per heavy atom. The van der Waals surface area contributed by atoms with Gasteiger partial charge in [-0.3, -0.25) is 4.68 Å². The summed E-state index contributed by atoms with van der Waals surface area (Å²) in [5.74, 6) is 1.37. The van der Waals surface area contributed by atoms with Gasteiger partial charge in [0.1, 0.15) is 16.7 Å². The van der Waals surface area contributed by atoms with E-state index in [1.165, 1.54) is 123 Å². The second kappa shape index (κ2) is 50.7. The number of likely N-dealkylation sites (N-methyl/N-ethyl adjacent to an activating group) is 2. The summed E-state index contributed by atoms with van der Waals surface area (Å²) in [5, 5.41) is 8.68. The van der Waals surface area contributed by atoms with Crippen LogP contribution in [-0.2, 0) is 7.05 Å². The van der Waals surface area contributed by atoms with Crippen molar-refractivity contribution in [2.45, 2.75) is 135 Å². The van der Waals surface area contributed by atoms with Crippen LogP contribution in [0.3, 0.4) is 0 Å². The summed E-state index contributed by atoms with van der Waals surface area (Å²) in [5.41, 5.74) is 8.90. The molecule has 3 heterocycles. The van der Waals surface area contributed by atoms with E-state index in [2.05, 4.69) is 160 Å². The summed E-state index contributed by atoms with van der Waals surface area (Å²) in [6.07, 6.45) is 12.1. The Bertz CT molecular complexity index is 2740. The number of halogens is 4. The van der Waals surface area contributed by atoms with E-state index in [1.54, 1.807) is 35.5 Å². The lowest BCUT2D eigenvalue weighted by molar-refractivity contribution is 0.181. The summed E-state index contributed by atoms with van der Waals surface area (Å²) in [6, 6.07) is 58.6. The minimum absolute atomic E-state index is 0.475. The van der Waals surface area contributed by atoms with Crippen molar-refractivity contribution in [1.82, 2.24) is 24.5 Å². The Morgan fingerprint density at radius 1 is 0.400 bits per heavy atom. The summed E-state index contributed by atoms with van der Waals surface area (Å²) in [7, 11) is 8.29. The molecular formula is C75H107Cl4N5O. The zero-order valence-electron chi connectivity index (χ0n) is 55.2. The van der Waals surface area contributed by atoms with Gasteiger partial charge in [-0.15, -0.1) is 0 Å². The van der Waals surface area contributed by atoms with Crippen LogP contribution in [0.15, 0.2) is 188 Å². The summed E-state index contributed by atoms with van der Waals surface area (Å²) in [6.45, 7) is 34.0. The molecule has 2 aliphatic heterocycles. The highest BCUT2D eigenvalue weighted by atomic mass is 35.5. The molecule has 0 saturated carbocycles. The van der Waals surface area contributed by atoms with Crippen LogP contribution in [0.25, 0.3) is 10.8 Å². The Labute approximate surface area is 538 Å². The largest absolute Gasteiger partial charge is 0.456 e. The molecule has 1 aliphatic carbocycles. The summed E-state index contributed by atoms with van der Waals surface area (Å²) < 4.78 is 7.17. The molecule has 466 valence electrons. The van der Waals surface area contributed by atoms with Crippen LogP contribution in [0.1, 0.15) is 127 Å². The molecule has 8 aromatic rings. The number of allylic oxidation sites excluding steroid dienone is 2. The van der Waals surface area contributed by atoms with Crippen LogP contribution in [-0.4, -0.2) is 84.9 Å². The highest BCUT2D eigenvalue weighted by Gasteiger charge is 2.09. The molecule has 0 amide bonds. The number of piperazine rings is 1. The van der Waals surface area contributed by atoms with Crippen molar-refractivity contribution in [2.24, 2.45) is 7.05 Å². The maximum absolute atomic E-state index is 6.00. The normalized spacial score (nSPS) is 13.0. The smallest absolute Gasteiger partial charge is 0.155 e. The zero-order chi connectivity index (χ0) is 63.8. The van der Waals surface area contributed by atoms with Crippen LogP contribution in [0, 0.1) is 41.5 Å². The molecule has 0 radical (unpaired) electrons. The Balaban J connectivity index is 0.000000937. The molecule has 0 atom stereocenters. The second-order valence-electron chi connectivity index (χ2n) is 20.4. The zero-order valence-corrected chi connectivity index (χ0v) is 58.2. The van der Waals surface area contributed by atoms with Gasteiger partial charge in [-0.1, -0.05) is 279 Å². The number of fused-ring (bicyclic) bond motifs is 1. The van der Waals surface area contributed by atoms with Crippen LogP contribution in [0.5, 0.6) is 11.5 Å². The van der Waals surface area contributed by atoms with Gasteiger partial charge < -0.3 is 19.4 Å². The molecular weight excluding hydrogens is 1130 g/mol. The standard InChI is InChI=1S/C13H10Cl2O.C11H10.C7H12.3C7H8.C6H14N2.C6H13N.C5H6Cl2N2.3C2H6/c1-9-2-5-11(6-3-9)16-13-7-4-10(14)8-12(13)15;1-9-6-7-10-4-2-3-5-11(10)8-9;4*1-7-5-3-2-4-6-7;1-7-3-5-8(2)6-4-7;1-7-5-3-2-4-6-7;1-3-4(6)8-9(2)5(3)7;3*1-2/h2-8H,1H3;2-8H,1H3;5H,2-4,6H2,1H3;3*2-6H,1H3;3-6H2,1-2H3;2-6H2,1H3;1-2H3;3*1-2H3. The third kappa shape index (κ3) is 39.8. The van der Waals surface area contributed by atoms with E-state index in [1.807, 2.05) is 134 Å². The van der Waals surface area contributed by atoms with Gasteiger partial charge in [0.05, 0.1) is 5.02 Å². The lowest BCUT2D eigenvalue weighted by Gasteiger charge is -2.28. The molecule has 3 aliphatic rings. The predicted molar refractivity (Wildman–Crippen MR) is 381 cm³/mol. The number of ether oxygens (including phenoxy) is 1. The van der Waals surface area contributed by atoms with Gasteiger partial charge in [-0.2, -0.15) is 5.10 Å². The van der Waals surface area contributed by atoms with Crippen molar-refractivity contribution < 1.29 is 4.74 Å². The van der Waals surface area contributed by atoms with E-state index in [4.69, 9.17) is 51.1 Å². The first kappa shape index (κ1) is 79.6. The molecule has 1 aromatic heterocycles. The number of hydrogen-bond donors (Lipinski definition) is 0. The van der Waals surface area contributed by atoms with Crippen LogP contribution in [0.4, 0.5) is 0 Å². The van der Waals surface area contributed by atoms with Gasteiger partial charge >= 0.3 is 0 Å². The van der Waals surface area contributed by atoms with Gasteiger partial charge in [0, 0.05) is 43.8 Å². The third-order valence-corrected chi connectivity index (χ3v) is 14.3. The van der Waals surface area contributed by atoms with Crippen molar-refractivity contribution in [3.63, 3.8) is 0 Å². The average Bonchev–Trinajstić information content (AvgIpc) is 4.07. The molecule has 2 fully saturated rings. The predicted octanol–water partition coefficient (Wildman–Crippen LogP) is 22.8. The number of piperidine rings is 1. The highest BCUT2D eigenvalue weighted by Crippen LogP contribution is 2.31. The van der Waals surface area contributed by atoms with Gasteiger partial charge in [0.15, 0.2) is 5.15 Å².